The van der Waals surface area contributed by atoms with Gasteiger partial charge in [-0.3, -0.25) is 4.90 Å². The van der Waals surface area contributed by atoms with Gasteiger partial charge in [-0.25, -0.2) is 0 Å². The van der Waals surface area contributed by atoms with Gasteiger partial charge in [-0.05, 0) is 17.9 Å². The van der Waals surface area contributed by atoms with Crippen molar-refractivity contribution in [3.63, 3.8) is 0 Å². The molecule has 1 aliphatic heterocycles. The van der Waals surface area contributed by atoms with Crippen LogP contribution >= 0.6 is 12.4 Å². The third kappa shape index (κ3) is 4.02. The molecule has 4 nitrogen and oxygen atoms in total. The SMILES string of the molecule is COc1cccc(CN2CCC(N)C(C)(C)C2)c1OC.Cl. The minimum Gasteiger partial charge on any atom is -0.493 e. The van der Waals surface area contributed by atoms with Gasteiger partial charge in [0.2, 0.25) is 0 Å². The summed E-state index contributed by atoms with van der Waals surface area (Å²) in [6, 6.07) is 6.32. The second-order valence-corrected chi connectivity index (χ2v) is 6.25. The van der Waals surface area contributed by atoms with Crippen LogP contribution in [0, 0.1) is 5.41 Å². The summed E-state index contributed by atoms with van der Waals surface area (Å²) in [6.07, 6.45) is 1.04. The van der Waals surface area contributed by atoms with Gasteiger partial charge >= 0.3 is 0 Å². The van der Waals surface area contributed by atoms with Crippen LogP contribution in [0.15, 0.2) is 18.2 Å². The standard InChI is InChI=1S/C16H26N2O2.ClH/c1-16(2)11-18(9-8-14(16)17)10-12-6-5-7-13(19-3)15(12)20-4;/h5-7,14H,8-11,17H2,1-4H3;1H. The summed E-state index contributed by atoms with van der Waals surface area (Å²) in [4.78, 5) is 2.45. The zero-order valence-electron chi connectivity index (χ0n) is 13.4. The lowest BCUT2D eigenvalue weighted by Gasteiger charge is -2.42. The summed E-state index contributed by atoms with van der Waals surface area (Å²) in [6.45, 7) is 7.40. The van der Waals surface area contributed by atoms with E-state index in [2.05, 4.69) is 24.8 Å². The van der Waals surface area contributed by atoms with Gasteiger partial charge < -0.3 is 15.2 Å². The number of piperidine rings is 1. The van der Waals surface area contributed by atoms with E-state index >= 15 is 0 Å². The summed E-state index contributed by atoms with van der Waals surface area (Å²) < 4.78 is 10.9. The van der Waals surface area contributed by atoms with Gasteiger partial charge in [-0.1, -0.05) is 26.0 Å². The van der Waals surface area contributed by atoms with Gasteiger partial charge in [-0.15, -0.1) is 12.4 Å². The van der Waals surface area contributed by atoms with E-state index < -0.39 is 0 Å². The van der Waals surface area contributed by atoms with Crippen LogP contribution < -0.4 is 15.2 Å². The van der Waals surface area contributed by atoms with E-state index in [4.69, 9.17) is 15.2 Å². The fourth-order valence-corrected chi connectivity index (χ4v) is 2.94. The Balaban J connectivity index is 0.00000220. The average Bonchev–Trinajstić information content (AvgIpc) is 2.42. The molecular weight excluding hydrogens is 288 g/mol. The number of hydrogen-bond acceptors (Lipinski definition) is 4. The number of nitrogens with two attached hydrogens (primary N) is 1. The Morgan fingerprint density at radius 3 is 2.57 bits per heavy atom. The molecule has 0 radical (unpaired) electrons. The van der Waals surface area contributed by atoms with E-state index in [1.54, 1.807) is 14.2 Å². The minimum atomic E-state index is 0. The average molecular weight is 315 g/mol. The molecule has 0 aliphatic carbocycles. The van der Waals surface area contributed by atoms with Crippen molar-refractivity contribution in [1.82, 2.24) is 4.90 Å². The number of halogens is 1. The second kappa shape index (κ2) is 7.34. The summed E-state index contributed by atoms with van der Waals surface area (Å²) in [7, 11) is 3.36. The van der Waals surface area contributed by atoms with Crippen molar-refractivity contribution in [2.75, 3.05) is 27.3 Å². The number of benzene rings is 1. The highest BCUT2D eigenvalue weighted by molar-refractivity contribution is 5.85. The summed E-state index contributed by atoms with van der Waals surface area (Å²) in [5.74, 6) is 1.63. The van der Waals surface area contributed by atoms with Crippen molar-refractivity contribution < 1.29 is 9.47 Å². The molecule has 2 rings (SSSR count). The van der Waals surface area contributed by atoms with Gasteiger partial charge in [0.1, 0.15) is 0 Å². The number of likely N-dealkylation sites (tertiary alicyclic amines) is 1. The van der Waals surface area contributed by atoms with Crippen LogP contribution in [0.25, 0.3) is 0 Å². The number of methoxy groups -OCH3 is 2. The van der Waals surface area contributed by atoms with Crippen LogP contribution in [0.2, 0.25) is 0 Å². The molecule has 0 amide bonds. The number of para-hydroxylation sites is 1. The molecule has 1 aromatic rings. The molecule has 1 aliphatic rings. The molecule has 0 bridgehead atoms. The molecule has 1 fully saturated rings. The summed E-state index contributed by atoms with van der Waals surface area (Å²) >= 11 is 0. The Hall–Kier alpha value is -0.970. The molecule has 0 saturated carbocycles. The summed E-state index contributed by atoms with van der Waals surface area (Å²) in [5, 5.41) is 0. The molecule has 2 N–H and O–H groups in total. The van der Waals surface area contributed by atoms with E-state index in [0.29, 0.717) is 0 Å². The Morgan fingerprint density at radius 1 is 1.29 bits per heavy atom. The first kappa shape index (κ1) is 18.1. The monoisotopic (exact) mass is 314 g/mol. The molecule has 0 spiro atoms. The van der Waals surface area contributed by atoms with E-state index in [1.807, 2.05) is 12.1 Å². The Morgan fingerprint density at radius 2 is 2.00 bits per heavy atom. The number of ether oxygens (including phenoxy) is 2. The Bertz CT molecular complexity index is 466. The van der Waals surface area contributed by atoms with Crippen molar-refractivity contribution in [3.8, 4) is 11.5 Å². The van der Waals surface area contributed by atoms with Crippen LogP contribution in [-0.2, 0) is 6.54 Å². The predicted molar refractivity (Wildman–Crippen MR) is 88.4 cm³/mol. The fraction of sp³-hybridized carbons (Fsp3) is 0.625. The maximum Gasteiger partial charge on any atom is 0.165 e. The van der Waals surface area contributed by atoms with Crippen molar-refractivity contribution in [2.45, 2.75) is 32.9 Å². The highest BCUT2D eigenvalue weighted by Crippen LogP contribution is 2.34. The molecule has 120 valence electrons. The van der Waals surface area contributed by atoms with Gasteiger partial charge in [0.05, 0.1) is 14.2 Å². The Kier molecular flexibility index (Phi) is 6.32. The number of nitrogens with zero attached hydrogens (tertiary/aromatic N) is 1. The number of rotatable bonds is 4. The molecular formula is C16H27ClN2O2. The van der Waals surface area contributed by atoms with Crippen molar-refractivity contribution in [3.05, 3.63) is 23.8 Å². The van der Waals surface area contributed by atoms with Crippen LogP contribution in [0.3, 0.4) is 0 Å². The molecule has 1 unspecified atom stereocenters. The van der Waals surface area contributed by atoms with Gasteiger partial charge in [0.25, 0.3) is 0 Å². The molecule has 0 aromatic heterocycles. The lowest BCUT2D eigenvalue weighted by Crippen LogP contribution is -2.52. The molecule has 5 heteroatoms. The molecule has 1 aromatic carbocycles. The van der Waals surface area contributed by atoms with Crippen molar-refractivity contribution >= 4 is 12.4 Å². The second-order valence-electron chi connectivity index (χ2n) is 6.25. The lowest BCUT2D eigenvalue weighted by molar-refractivity contribution is 0.0891. The molecule has 1 heterocycles. The van der Waals surface area contributed by atoms with Crippen LogP contribution in [0.4, 0.5) is 0 Å². The quantitative estimate of drug-likeness (QED) is 0.928. The Labute approximate surface area is 134 Å². The van der Waals surface area contributed by atoms with E-state index in [9.17, 15) is 0 Å². The smallest absolute Gasteiger partial charge is 0.165 e. The van der Waals surface area contributed by atoms with Crippen molar-refractivity contribution in [1.29, 1.82) is 0 Å². The topological polar surface area (TPSA) is 47.7 Å². The fourth-order valence-electron chi connectivity index (χ4n) is 2.94. The van der Waals surface area contributed by atoms with E-state index in [0.717, 1.165) is 43.1 Å². The highest BCUT2D eigenvalue weighted by Gasteiger charge is 2.33. The first-order valence-corrected chi connectivity index (χ1v) is 7.15. The maximum absolute atomic E-state index is 6.20. The predicted octanol–water partition coefficient (Wildman–Crippen LogP) is 2.68. The lowest BCUT2D eigenvalue weighted by atomic mass is 9.79. The van der Waals surface area contributed by atoms with Gasteiger partial charge in [0, 0.05) is 31.2 Å². The highest BCUT2D eigenvalue weighted by atomic mass is 35.5. The number of hydrogen-bond donors (Lipinski definition) is 1. The van der Waals surface area contributed by atoms with Crippen LogP contribution in [0.5, 0.6) is 11.5 Å². The summed E-state index contributed by atoms with van der Waals surface area (Å²) in [5.41, 5.74) is 7.52. The van der Waals surface area contributed by atoms with Crippen LogP contribution in [0.1, 0.15) is 25.8 Å². The normalized spacial score (nSPS) is 21.5. The van der Waals surface area contributed by atoms with Gasteiger partial charge in [-0.2, -0.15) is 0 Å². The minimum absolute atomic E-state index is 0. The van der Waals surface area contributed by atoms with Crippen molar-refractivity contribution in [2.24, 2.45) is 11.1 Å². The third-order valence-corrected chi connectivity index (χ3v) is 4.27. The molecule has 1 saturated heterocycles. The van der Waals surface area contributed by atoms with E-state index in [-0.39, 0.29) is 23.9 Å². The first-order chi connectivity index (χ1) is 9.47. The largest absolute Gasteiger partial charge is 0.493 e. The van der Waals surface area contributed by atoms with E-state index in [1.165, 1.54) is 0 Å². The maximum atomic E-state index is 6.20. The zero-order chi connectivity index (χ0) is 14.8. The van der Waals surface area contributed by atoms with Crippen LogP contribution in [-0.4, -0.2) is 38.3 Å². The first-order valence-electron chi connectivity index (χ1n) is 7.15. The molecule has 21 heavy (non-hydrogen) atoms. The molecule has 1 atom stereocenters. The zero-order valence-corrected chi connectivity index (χ0v) is 14.2. The third-order valence-electron chi connectivity index (χ3n) is 4.27. The van der Waals surface area contributed by atoms with Gasteiger partial charge in [0.15, 0.2) is 11.5 Å².